The van der Waals surface area contributed by atoms with Crippen molar-refractivity contribution in [1.82, 2.24) is 15.3 Å². The van der Waals surface area contributed by atoms with Crippen molar-refractivity contribution in [3.8, 4) is 0 Å². The van der Waals surface area contributed by atoms with E-state index in [0.29, 0.717) is 30.3 Å². The second kappa shape index (κ2) is 9.46. The highest BCUT2D eigenvalue weighted by atomic mass is 32.2. The summed E-state index contributed by atoms with van der Waals surface area (Å²) < 4.78 is 0. The standard InChI is InChI=1S/C25H25N3O2S2/c29-22(26-14-17-8-5-7-16-6-1-2-9-18(16)17)12-13-31-15-21-27-24(30)23-19-10-3-4-11-20(19)32-25(23)28-21/h1-2,5-9H,3-4,10-15H2,(H,26,29)(H,27,28,30). The molecule has 1 amide bonds. The summed E-state index contributed by atoms with van der Waals surface area (Å²) in [5, 5.41) is 6.18. The Morgan fingerprint density at radius 2 is 1.97 bits per heavy atom. The van der Waals surface area contributed by atoms with Crippen LogP contribution < -0.4 is 10.9 Å². The fourth-order valence-electron chi connectivity index (χ4n) is 4.34. The van der Waals surface area contributed by atoms with E-state index in [4.69, 9.17) is 4.98 Å². The zero-order valence-corrected chi connectivity index (χ0v) is 19.4. The average molecular weight is 464 g/mol. The van der Waals surface area contributed by atoms with Gasteiger partial charge in [0.15, 0.2) is 0 Å². The molecule has 0 aliphatic heterocycles. The van der Waals surface area contributed by atoms with Gasteiger partial charge in [0, 0.05) is 23.6 Å². The van der Waals surface area contributed by atoms with Crippen LogP contribution in [0.3, 0.4) is 0 Å². The molecule has 0 radical (unpaired) electrons. The lowest BCUT2D eigenvalue weighted by Crippen LogP contribution is -2.23. The summed E-state index contributed by atoms with van der Waals surface area (Å²) in [5.41, 5.74) is 2.32. The molecule has 7 heteroatoms. The smallest absolute Gasteiger partial charge is 0.259 e. The van der Waals surface area contributed by atoms with Crippen LogP contribution >= 0.6 is 23.1 Å². The molecular formula is C25H25N3O2S2. The lowest BCUT2D eigenvalue weighted by atomic mass is 9.97. The van der Waals surface area contributed by atoms with Crippen molar-refractivity contribution in [1.29, 1.82) is 0 Å². The molecule has 4 aromatic rings. The van der Waals surface area contributed by atoms with Crippen LogP contribution in [0.5, 0.6) is 0 Å². The van der Waals surface area contributed by atoms with Crippen molar-refractivity contribution in [2.75, 3.05) is 5.75 Å². The Bertz CT molecular complexity index is 1340. The third kappa shape index (κ3) is 4.45. The first-order valence-electron chi connectivity index (χ1n) is 11.0. The number of nitrogens with one attached hydrogen (secondary N) is 2. The number of amides is 1. The van der Waals surface area contributed by atoms with Gasteiger partial charge in [0.05, 0.1) is 11.1 Å². The Labute approximate surface area is 194 Å². The Morgan fingerprint density at radius 1 is 1.12 bits per heavy atom. The van der Waals surface area contributed by atoms with Crippen molar-refractivity contribution >= 4 is 50.0 Å². The maximum atomic E-state index is 12.6. The predicted molar refractivity (Wildman–Crippen MR) is 133 cm³/mol. The lowest BCUT2D eigenvalue weighted by Gasteiger charge is -2.09. The van der Waals surface area contributed by atoms with E-state index in [1.165, 1.54) is 27.6 Å². The maximum absolute atomic E-state index is 12.6. The van der Waals surface area contributed by atoms with E-state index in [-0.39, 0.29) is 11.5 Å². The first-order chi connectivity index (χ1) is 15.7. The van der Waals surface area contributed by atoms with Crippen molar-refractivity contribution in [2.24, 2.45) is 0 Å². The number of aryl methyl sites for hydroxylation is 2. The van der Waals surface area contributed by atoms with Gasteiger partial charge in [-0.1, -0.05) is 42.5 Å². The quantitative estimate of drug-likeness (QED) is 0.380. The van der Waals surface area contributed by atoms with Gasteiger partial charge in [-0.3, -0.25) is 9.59 Å². The van der Waals surface area contributed by atoms with E-state index in [9.17, 15) is 9.59 Å². The van der Waals surface area contributed by atoms with E-state index in [1.807, 2.05) is 18.2 Å². The largest absolute Gasteiger partial charge is 0.352 e. The third-order valence-electron chi connectivity index (χ3n) is 5.94. The molecule has 2 N–H and O–H groups in total. The minimum absolute atomic E-state index is 0.0159. The molecule has 0 atom stereocenters. The molecule has 0 fully saturated rings. The topological polar surface area (TPSA) is 74.8 Å². The summed E-state index contributed by atoms with van der Waals surface area (Å²) in [6.45, 7) is 0.527. The molecule has 2 aromatic heterocycles. The first kappa shape index (κ1) is 21.2. The number of thioether (sulfide) groups is 1. The Kier molecular flexibility index (Phi) is 6.28. The van der Waals surface area contributed by atoms with Crippen molar-refractivity contribution in [3.63, 3.8) is 0 Å². The van der Waals surface area contributed by atoms with Gasteiger partial charge in [0.2, 0.25) is 5.91 Å². The number of benzene rings is 2. The number of fused-ring (bicyclic) bond motifs is 4. The molecule has 1 aliphatic carbocycles. The van der Waals surface area contributed by atoms with Crippen LogP contribution in [-0.4, -0.2) is 21.6 Å². The Hall–Kier alpha value is -2.64. The summed E-state index contributed by atoms with van der Waals surface area (Å²) in [6, 6.07) is 14.4. The van der Waals surface area contributed by atoms with Crippen LogP contribution in [0, 0.1) is 0 Å². The number of H-pyrrole nitrogens is 1. The summed E-state index contributed by atoms with van der Waals surface area (Å²) in [5.74, 6) is 2.02. The van der Waals surface area contributed by atoms with Gasteiger partial charge in [-0.15, -0.1) is 11.3 Å². The summed E-state index contributed by atoms with van der Waals surface area (Å²) in [6.07, 6.45) is 4.84. The van der Waals surface area contributed by atoms with Crippen LogP contribution in [0.2, 0.25) is 0 Å². The molecule has 0 saturated heterocycles. The van der Waals surface area contributed by atoms with Gasteiger partial charge in [0.1, 0.15) is 10.7 Å². The van der Waals surface area contributed by atoms with Gasteiger partial charge in [-0.2, -0.15) is 11.8 Å². The number of hydrogen-bond acceptors (Lipinski definition) is 5. The Morgan fingerprint density at radius 3 is 2.91 bits per heavy atom. The molecule has 2 aromatic carbocycles. The number of rotatable bonds is 7. The van der Waals surface area contributed by atoms with Crippen LogP contribution in [-0.2, 0) is 29.9 Å². The second-order valence-corrected chi connectivity index (χ2v) is 10.3. The summed E-state index contributed by atoms with van der Waals surface area (Å²) in [4.78, 5) is 34.8. The van der Waals surface area contributed by atoms with Gasteiger partial charge in [0.25, 0.3) is 5.56 Å². The molecule has 5 rings (SSSR count). The van der Waals surface area contributed by atoms with Crippen LogP contribution in [0.15, 0.2) is 47.3 Å². The molecule has 0 unspecified atom stereocenters. The van der Waals surface area contributed by atoms with E-state index >= 15 is 0 Å². The zero-order chi connectivity index (χ0) is 21.9. The Balaban J connectivity index is 1.14. The van der Waals surface area contributed by atoms with E-state index in [0.717, 1.165) is 35.0 Å². The molecule has 2 heterocycles. The van der Waals surface area contributed by atoms with Crippen LogP contribution in [0.4, 0.5) is 0 Å². The number of aromatic nitrogens is 2. The molecule has 32 heavy (non-hydrogen) atoms. The lowest BCUT2D eigenvalue weighted by molar-refractivity contribution is -0.120. The highest BCUT2D eigenvalue weighted by Gasteiger charge is 2.19. The minimum atomic E-state index is -0.0159. The number of carbonyl (C=O) groups excluding carboxylic acids is 1. The molecule has 0 bridgehead atoms. The fourth-order valence-corrected chi connectivity index (χ4v) is 6.42. The first-order valence-corrected chi connectivity index (χ1v) is 13.0. The van der Waals surface area contributed by atoms with Gasteiger partial charge < -0.3 is 10.3 Å². The predicted octanol–water partition coefficient (Wildman–Crippen LogP) is 4.96. The summed E-state index contributed by atoms with van der Waals surface area (Å²) >= 11 is 3.30. The van der Waals surface area contributed by atoms with Crippen molar-refractivity contribution in [2.45, 2.75) is 44.4 Å². The molecule has 0 spiro atoms. The van der Waals surface area contributed by atoms with Crippen molar-refractivity contribution < 1.29 is 4.79 Å². The highest BCUT2D eigenvalue weighted by Crippen LogP contribution is 2.33. The van der Waals surface area contributed by atoms with E-state index < -0.39 is 0 Å². The monoisotopic (exact) mass is 463 g/mol. The van der Waals surface area contributed by atoms with Crippen molar-refractivity contribution in [3.05, 3.63) is 74.6 Å². The molecule has 164 valence electrons. The average Bonchev–Trinajstić information content (AvgIpc) is 3.19. The number of aromatic amines is 1. The van der Waals surface area contributed by atoms with Gasteiger partial charge >= 0.3 is 0 Å². The number of hydrogen-bond donors (Lipinski definition) is 2. The number of nitrogens with zero attached hydrogens (tertiary/aromatic N) is 1. The summed E-state index contributed by atoms with van der Waals surface area (Å²) in [7, 11) is 0. The zero-order valence-electron chi connectivity index (χ0n) is 17.8. The minimum Gasteiger partial charge on any atom is -0.352 e. The SMILES string of the molecule is O=C(CCSCc1nc2sc3c(c2c(=O)[nH]1)CCCC3)NCc1cccc2ccccc12. The van der Waals surface area contributed by atoms with Crippen LogP contribution in [0.25, 0.3) is 21.0 Å². The van der Waals surface area contributed by atoms with Gasteiger partial charge in [-0.25, -0.2) is 4.98 Å². The maximum Gasteiger partial charge on any atom is 0.259 e. The fraction of sp³-hybridized carbons (Fsp3) is 0.320. The number of carbonyl (C=O) groups is 1. The number of thiophene rings is 1. The molecule has 5 nitrogen and oxygen atoms in total. The van der Waals surface area contributed by atoms with E-state index in [1.54, 1.807) is 23.1 Å². The third-order valence-corrected chi connectivity index (χ3v) is 8.10. The highest BCUT2D eigenvalue weighted by molar-refractivity contribution is 7.98. The molecule has 1 aliphatic rings. The second-order valence-electron chi connectivity index (χ2n) is 8.12. The molecular weight excluding hydrogens is 438 g/mol. The van der Waals surface area contributed by atoms with Gasteiger partial charge in [-0.05, 0) is 47.6 Å². The van der Waals surface area contributed by atoms with E-state index in [2.05, 4.69) is 34.6 Å². The molecule has 0 saturated carbocycles. The van der Waals surface area contributed by atoms with Crippen LogP contribution in [0.1, 0.15) is 41.1 Å². The normalized spacial score (nSPS) is 13.4.